The van der Waals surface area contributed by atoms with Crippen LogP contribution in [0.5, 0.6) is 0 Å². The van der Waals surface area contributed by atoms with Crippen LogP contribution in [0, 0.1) is 0 Å². The van der Waals surface area contributed by atoms with Gasteiger partial charge in [0.05, 0.1) is 12.8 Å². The molecule has 0 aliphatic rings. The predicted octanol–water partition coefficient (Wildman–Crippen LogP) is 2.54. The Balaban J connectivity index is 0.000000307. The zero-order valence-electron chi connectivity index (χ0n) is 12.8. The monoisotopic (exact) mass is 330 g/mol. The van der Waals surface area contributed by atoms with Crippen LogP contribution in [0.2, 0.25) is 0 Å². The van der Waals surface area contributed by atoms with E-state index in [2.05, 4.69) is 0 Å². The summed E-state index contributed by atoms with van der Waals surface area (Å²) in [4.78, 5) is 31.2. The van der Waals surface area contributed by atoms with Gasteiger partial charge in [-0.15, -0.1) is 0 Å². The van der Waals surface area contributed by atoms with Gasteiger partial charge in [-0.1, -0.05) is 60.7 Å². The predicted molar refractivity (Wildman–Crippen MR) is 86.7 cm³/mol. The third-order valence-corrected chi connectivity index (χ3v) is 2.97. The maximum atomic E-state index is 11.9. The van der Waals surface area contributed by atoms with E-state index < -0.39 is 18.0 Å². The quantitative estimate of drug-likeness (QED) is 0.702. The number of ketones is 1. The summed E-state index contributed by atoms with van der Waals surface area (Å²) in [6, 6.07) is 17.7. The summed E-state index contributed by atoms with van der Waals surface area (Å²) in [7, 11) is 0. The Bertz CT molecular complexity index is 652. The smallest absolute Gasteiger partial charge is 0.303 e. The molecule has 1 atom stereocenters. The van der Waals surface area contributed by atoms with Crippen LogP contribution < -0.4 is 0 Å². The fourth-order valence-corrected chi connectivity index (χ4v) is 1.76. The summed E-state index contributed by atoms with van der Waals surface area (Å²) in [5.41, 5.74) is 1.15. The molecular formula is C18H18O6. The summed E-state index contributed by atoms with van der Waals surface area (Å²) in [5, 5.41) is 25.7. The van der Waals surface area contributed by atoms with Gasteiger partial charge in [-0.05, 0) is 5.56 Å². The minimum absolute atomic E-state index is 0.271. The number of carboxylic acid groups (broad SMARTS) is 2. The van der Waals surface area contributed by atoms with Crippen molar-refractivity contribution in [3.8, 4) is 0 Å². The van der Waals surface area contributed by atoms with Crippen LogP contribution in [0.25, 0.3) is 0 Å². The maximum absolute atomic E-state index is 11.9. The summed E-state index contributed by atoms with van der Waals surface area (Å²) in [6.45, 7) is 0. The molecule has 0 saturated heterocycles. The second kappa shape index (κ2) is 9.91. The molecule has 1 unspecified atom stereocenters. The van der Waals surface area contributed by atoms with Gasteiger partial charge in [0, 0.05) is 5.56 Å². The molecule has 2 rings (SSSR count). The van der Waals surface area contributed by atoms with Crippen molar-refractivity contribution in [3.63, 3.8) is 0 Å². The first-order chi connectivity index (χ1) is 11.4. The second-order valence-corrected chi connectivity index (χ2v) is 4.83. The van der Waals surface area contributed by atoms with Crippen LogP contribution in [0.1, 0.15) is 34.9 Å². The van der Waals surface area contributed by atoms with E-state index in [9.17, 15) is 19.5 Å². The Labute approximate surface area is 139 Å². The highest BCUT2D eigenvalue weighted by Gasteiger charge is 2.18. The van der Waals surface area contributed by atoms with E-state index in [4.69, 9.17) is 10.2 Å². The van der Waals surface area contributed by atoms with Gasteiger partial charge in [0.25, 0.3) is 0 Å². The standard InChI is InChI=1S/C14H12O2.C4H6O4/c15-13(11-7-3-1-4-8-11)14(16)12-9-5-2-6-10-12;5-3(6)1-2-4(7)8/h1-10,13,15H;1-2H2,(H,5,6)(H,7,8). The highest BCUT2D eigenvalue weighted by Crippen LogP contribution is 2.17. The number of hydrogen-bond acceptors (Lipinski definition) is 4. The summed E-state index contributed by atoms with van der Waals surface area (Å²) < 4.78 is 0. The molecule has 2 aromatic rings. The Morgan fingerprint density at radius 1 is 0.750 bits per heavy atom. The molecule has 0 radical (unpaired) electrons. The van der Waals surface area contributed by atoms with Gasteiger partial charge in [-0.2, -0.15) is 0 Å². The minimum atomic E-state index is -1.08. The van der Waals surface area contributed by atoms with Gasteiger partial charge >= 0.3 is 11.9 Å². The molecular weight excluding hydrogens is 312 g/mol. The van der Waals surface area contributed by atoms with Crippen molar-refractivity contribution in [1.29, 1.82) is 0 Å². The van der Waals surface area contributed by atoms with E-state index in [1.54, 1.807) is 48.5 Å². The van der Waals surface area contributed by atoms with Gasteiger partial charge in [0.1, 0.15) is 6.10 Å². The number of benzene rings is 2. The number of carbonyl (C=O) groups is 3. The van der Waals surface area contributed by atoms with Crippen LogP contribution in [0.3, 0.4) is 0 Å². The SMILES string of the molecule is O=C(O)CCC(=O)O.O=C(c1ccccc1)C(O)c1ccccc1. The lowest BCUT2D eigenvalue weighted by Gasteiger charge is -2.09. The maximum Gasteiger partial charge on any atom is 0.303 e. The average molecular weight is 330 g/mol. The Kier molecular flexibility index (Phi) is 7.87. The topological polar surface area (TPSA) is 112 Å². The number of carboxylic acids is 2. The van der Waals surface area contributed by atoms with Gasteiger partial charge in [0.2, 0.25) is 0 Å². The van der Waals surface area contributed by atoms with E-state index in [1.165, 1.54) is 0 Å². The molecule has 2 aromatic carbocycles. The van der Waals surface area contributed by atoms with Crippen LogP contribution in [0.4, 0.5) is 0 Å². The number of aliphatic carboxylic acids is 2. The lowest BCUT2D eigenvalue weighted by Crippen LogP contribution is -2.11. The molecule has 0 spiro atoms. The van der Waals surface area contributed by atoms with E-state index in [0.29, 0.717) is 11.1 Å². The molecule has 0 bridgehead atoms. The van der Waals surface area contributed by atoms with Crippen molar-refractivity contribution < 1.29 is 29.7 Å². The summed E-state index contributed by atoms with van der Waals surface area (Å²) >= 11 is 0. The first kappa shape index (κ1) is 19.1. The first-order valence-electron chi connectivity index (χ1n) is 7.17. The largest absolute Gasteiger partial charge is 0.481 e. The molecule has 0 aliphatic carbocycles. The molecule has 0 aromatic heterocycles. The minimum Gasteiger partial charge on any atom is -0.481 e. The third kappa shape index (κ3) is 6.85. The summed E-state index contributed by atoms with van der Waals surface area (Å²) in [6.07, 6.45) is -1.67. The Morgan fingerprint density at radius 3 is 1.58 bits per heavy atom. The first-order valence-corrected chi connectivity index (χ1v) is 7.17. The average Bonchev–Trinajstić information content (AvgIpc) is 2.61. The van der Waals surface area contributed by atoms with E-state index in [1.807, 2.05) is 12.1 Å². The van der Waals surface area contributed by atoms with Crippen molar-refractivity contribution in [2.24, 2.45) is 0 Å². The second-order valence-electron chi connectivity index (χ2n) is 4.83. The molecule has 0 aliphatic heterocycles. The van der Waals surface area contributed by atoms with E-state index in [0.717, 1.165) is 0 Å². The fraction of sp³-hybridized carbons (Fsp3) is 0.167. The zero-order chi connectivity index (χ0) is 17.9. The van der Waals surface area contributed by atoms with Crippen LogP contribution in [0.15, 0.2) is 60.7 Å². The van der Waals surface area contributed by atoms with Crippen molar-refractivity contribution in [2.45, 2.75) is 18.9 Å². The van der Waals surface area contributed by atoms with Crippen molar-refractivity contribution in [1.82, 2.24) is 0 Å². The molecule has 0 amide bonds. The number of hydrogen-bond donors (Lipinski definition) is 3. The van der Waals surface area contributed by atoms with Crippen LogP contribution in [-0.4, -0.2) is 33.0 Å². The van der Waals surface area contributed by atoms with Crippen LogP contribution in [-0.2, 0) is 9.59 Å². The van der Waals surface area contributed by atoms with Gasteiger partial charge in [0.15, 0.2) is 5.78 Å². The van der Waals surface area contributed by atoms with Crippen molar-refractivity contribution >= 4 is 17.7 Å². The number of aliphatic hydroxyl groups excluding tert-OH is 1. The van der Waals surface area contributed by atoms with Gasteiger partial charge in [-0.25, -0.2) is 0 Å². The van der Waals surface area contributed by atoms with Gasteiger partial charge in [-0.3, -0.25) is 14.4 Å². The highest BCUT2D eigenvalue weighted by molar-refractivity contribution is 5.99. The zero-order valence-corrected chi connectivity index (χ0v) is 12.8. The molecule has 126 valence electrons. The summed E-state index contributed by atoms with van der Waals surface area (Å²) in [5.74, 6) is -2.42. The fourth-order valence-electron chi connectivity index (χ4n) is 1.76. The Morgan fingerprint density at radius 2 is 1.17 bits per heavy atom. The highest BCUT2D eigenvalue weighted by atomic mass is 16.4. The lowest BCUT2D eigenvalue weighted by molar-refractivity contribution is -0.143. The number of Topliss-reactive ketones (excluding diaryl/α,β-unsaturated/α-hetero) is 1. The Hall–Kier alpha value is -2.99. The number of rotatable bonds is 6. The third-order valence-electron chi connectivity index (χ3n) is 2.97. The number of carbonyl (C=O) groups excluding carboxylic acids is 1. The van der Waals surface area contributed by atoms with E-state index in [-0.39, 0.29) is 18.6 Å². The number of aliphatic hydroxyl groups is 1. The van der Waals surface area contributed by atoms with E-state index >= 15 is 0 Å². The molecule has 24 heavy (non-hydrogen) atoms. The lowest BCUT2D eigenvalue weighted by atomic mass is 10.0. The van der Waals surface area contributed by atoms with Crippen molar-refractivity contribution in [3.05, 3.63) is 71.8 Å². The molecule has 3 N–H and O–H groups in total. The normalized spacial score (nSPS) is 10.9. The molecule has 0 fully saturated rings. The van der Waals surface area contributed by atoms with Crippen molar-refractivity contribution in [2.75, 3.05) is 0 Å². The van der Waals surface area contributed by atoms with Crippen LogP contribution >= 0.6 is 0 Å². The molecule has 6 nitrogen and oxygen atoms in total. The molecule has 0 saturated carbocycles. The van der Waals surface area contributed by atoms with Gasteiger partial charge < -0.3 is 15.3 Å². The molecule has 0 heterocycles. The molecule has 6 heteroatoms.